The van der Waals surface area contributed by atoms with Crippen LogP contribution in [0.5, 0.6) is 0 Å². The molecule has 1 atom stereocenters. The largest absolute Gasteiger partial charge is 0.312 e. The van der Waals surface area contributed by atoms with Crippen molar-refractivity contribution < 1.29 is 14.0 Å². The Hall–Kier alpha value is -3.82. The minimum Gasteiger partial charge on any atom is -0.312 e. The van der Waals surface area contributed by atoms with Gasteiger partial charge in [0.25, 0.3) is 5.56 Å². The Labute approximate surface area is 170 Å². The Balaban J connectivity index is 1.54. The van der Waals surface area contributed by atoms with E-state index < -0.39 is 11.7 Å². The predicted octanol–water partition coefficient (Wildman–Crippen LogP) is 1.70. The summed E-state index contributed by atoms with van der Waals surface area (Å²) in [7, 11) is 0. The first-order valence-electron chi connectivity index (χ1n) is 9.32. The summed E-state index contributed by atoms with van der Waals surface area (Å²) in [6.45, 7) is 3.61. The molecule has 30 heavy (non-hydrogen) atoms. The molecule has 4 rings (SSSR count). The van der Waals surface area contributed by atoms with Crippen molar-refractivity contribution >= 4 is 23.3 Å². The number of nitrogens with one attached hydrogen (secondary N) is 2. The summed E-state index contributed by atoms with van der Waals surface area (Å²) in [6, 6.07) is 8.55. The van der Waals surface area contributed by atoms with Crippen molar-refractivity contribution in [3.8, 4) is 5.95 Å². The molecule has 2 amide bonds. The third kappa shape index (κ3) is 3.84. The van der Waals surface area contributed by atoms with Crippen molar-refractivity contribution in [3.05, 3.63) is 64.0 Å². The number of rotatable bonds is 4. The van der Waals surface area contributed by atoms with E-state index in [4.69, 9.17) is 0 Å². The smallest absolute Gasteiger partial charge is 0.252 e. The summed E-state index contributed by atoms with van der Waals surface area (Å²) in [5, 5.41) is 7.06. The van der Waals surface area contributed by atoms with Crippen LogP contribution in [0, 0.1) is 25.6 Å². The molecule has 10 heteroatoms. The molecule has 0 radical (unpaired) electrons. The van der Waals surface area contributed by atoms with Gasteiger partial charge in [-0.25, -0.2) is 9.37 Å². The number of aromatic amines is 1. The van der Waals surface area contributed by atoms with E-state index >= 15 is 0 Å². The highest BCUT2D eigenvalue weighted by molar-refractivity contribution is 6.03. The normalized spacial score (nSPS) is 16.2. The van der Waals surface area contributed by atoms with Crippen LogP contribution in [0.15, 0.2) is 41.2 Å². The number of hydrogen-bond donors (Lipinski definition) is 2. The van der Waals surface area contributed by atoms with E-state index in [1.165, 1.54) is 39.9 Å². The lowest BCUT2D eigenvalue weighted by Gasteiger charge is -2.16. The molecule has 1 saturated heterocycles. The van der Waals surface area contributed by atoms with Crippen molar-refractivity contribution in [1.82, 2.24) is 19.7 Å². The number of nitrogens with zero attached hydrogens (tertiary/aromatic N) is 4. The Morgan fingerprint density at radius 3 is 2.60 bits per heavy atom. The van der Waals surface area contributed by atoms with Crippen molar-refractivity contribution in [1.29, 1.82) is 0 Å². The predicted molar refractivity (Wildman–Crippen MR) is 107 cm³/mol. The van der Waals surface area contributed by atoms with E-state index in [0.29, 0.717) is 22.9 Å². The Kier molecular flexibility index (Phi) is 4.90. The number of aromatic nitrogens is 4. The minimum atomic E-state index is -0.587. The summed E-state index contributed by atoms with van der Waals surface area (Å²) >= 11 is 0. The first-order chi connectivity index (χ1) is 14.3. The highest BCUT2D eigenvalue weighted by atomic mass is 19.1. The highest BCUT2D eigenvalue weighted by Crippen LogP contribution is 2.26. The minimum absolute atomic E-state index is 0.0376. The molecule has 154 valence electrons. The molecule has 0 saturated carbocycles. The van der Waals surface area contributed by atoms with Gasteiger partial charge in [0.15, 0.2) is 0 Å². The van der Waals surface area contributed by atoms with Crippen molar-refractivity contribution in [2.45, 2.75) is 20.3 Å². The number of halogens is 1. The molecule has 9 nitrogen and oxygen atoms in total. The van der Waals surface area contributed by atoms with Gasteiger partial charge in [0.1, 0.15) is 11.6 Å². The molecule has 0 bridgehead atoms. The van der Waals surface area contributed by atoms with Crippen LogP contribution in [0.2, 0.25) is 0 Å². The van der Waals surface area contributed by atoms with Gasteiger partial charge in [-0.05, 0) is 38.1 Å². The monoisotopic (exact) mass is 410 g/mol. The van der Waals surface area contributed by atoms with E-state index in [2.05, 4.69) is 20.4 Å². The molecule has 0 spiro atoms. The van der Waals surface area contributed by atoms with Crippen molar-refractivity contribution in [2.24, 2.45) is 5.92 Å². The van der Waals surface area contributed by atoms with Crippen LogP contribution >= 0.6 is 0 Å². The van der Waals surface area contributed by atoms with Crippen molar-refractivity contribution in [3.63, 3.8) is 0 Å². The molecular formula is C20H19FN6O3. The van der Waals surface area contributed by atoms with Crippen LogP contribution in [0.4, 0.5) is 15.9 Å². The van der Waals surface area contributed by atoms with Gasteiger partial charge in [-0.2, -0.15) is 9.78 Å². The Morgan fingerprint density at radius 2 is 1.90 bits per heavy atom. The number of carbonyl (C=O) groups is 2. The molecule has 1 aliphatic heterocycles. The summed E-state index contributed by atoms with van der Waals surface area (Å²) in [5.41, 5.74) is 1.33. The fourth-order valence-electron chi connectivity index (χ4n) is 3.40. The van der Waals surface area contributed by atoms with Crippen LogP contribution < -0.4 is 15.8 Å². The van der Waals surface area contributed by atoms with E-state index in [1.807, 2.05) is 0 Å². The van der Waals surface area contributed by atoms with Gasteiger partial charge in [0.2, 0.25) is 17.8 Å². The SMILES string of the molecule is Cc1cc(=O)[nH]c(-n2nc(C)cc2NC(=O)[C@@H]2CC(=O)N(c3ccc(F)cc3)C2)n1. The topological polar surface area (TPSA) is 113 Å². The van der Waals surface area contributed by atoms with Crippen molar-refractivity contribution in [2.75, 3.05) is 16.8 Å². The number of anilines is 2. The number of hydrogen-bond acceptors (Lipinski definition) is 5. The lowest BCUT2D eigenvalue weighted by molar-refractivity contribution is -0.122. The van der Waals surface area contributed by atoms with Crippen LogP contribution in [-0.2, 0) is 9.59 Å². The van der Waals surface area contributed by atoms with Crippen LogP contribution in [0.1, 0.15) is 17.8 Å². The summed E-state index contributed by atoms with van der Waals surface area (Å²) in [4.78, 5) is 45.3. The number of benzene rings is 1. The zero-order valence-electron chi connectivity index (χ0n) is 16.3. The molecule has 2 N–H and O–H groups in total. The van der Waals surface area contributed by atoms with Crippen LogP contribution in [-0.4, -0.2) is 38.1 Å². The maximum atomic E-state index is 13.1. The summed E-state index contributed by atoms with van der Waals surface area (Å²) < 4.78 is 14.5. The number of aryl methyl sites for hydroxylation is 2. The van der Waals surface area contributed by atoms with Crippen LogP contribution in [0.3, 0.4) is 0 Å². The average Bonchev–Trinajstić information content (AvgIpc) is 3.24. The molecule has 1 aliphatic rings. The maximum Gasteiger partial charge on any atom is 0.252 e. The summed E-state index contributed by atoms with van der Waals surface area (Å²) in [6.07, 6.45) is 0.0376. The molecule has 1 fully saturated rings. The van der Waals surface area contributed by atoms with E-state index in [1.54, 1.807) is 19.9 Å². The molecule has 0 unspecified atom stereocenters. The van der Waals surface area contributed by atoms with Gasteiger partial charge in [-0.3, -0.25) is 19.4 Å². The highest BCUT2D eigenvalue weighted by Gasteiger charge is 2.35. The Bertz CT molecular complexity index is 1180. The van der Waals surface area contributed by atoms with Gasteiger partial charge in [-0.15, -0.1) is 0 Å². The van der Waals surface area contributed by atoms with Gasteiger partial charge >= 0.3 is 0 Å². The molecule has 3 aromatic rings. The van der Waals surface area contributed by atoms with Gasteiger partial charge in [0, 0.05) is 36.5 Å². The molecule has 0 aliphatic carbocycles. The lowest BCUT2D eigenvalue weighted by atomic mass is 10.1. The fourth-order valence-corrected chi connectivity index (χ4v) is 3.40. The van der Waals surface area contributed by atoms with Gasteiger partial charge in [-0.1, -0.05) is 0 Å². The first-order valence-corrected chi connectivity index (χ1v) is 9.32. The number of amides is 2. The second-order valence-corrected chi connectivity index (χ2v) is 7.16. The van der Waals surface area contributed by atoms with E-state index in [9.17, 15) is 18.8 Å². The van der Waals surface area contributed by atoms with Crippen LogP contribution in [0.25, 0.3) is 5.95 Å². The Morgan fingerprint density at radius 1 is 1.17 bits per heavy atom. The number of H-pyrrole nitrogens is 1. The first kappa shape index (κ1) is 19.5. The quantitative estimate of drug-likeness (QED) is 0.680. The fraction of sp³-hybridized carbons (Fsp3) is 0.250. The maximum absolute atomic E-state index is 13.1. The average molecular weight is 410 g/mol. The zero-order valence-corrected chi connectivity index (χ0v) is 16.3. The lowest BCUT2D eigenvalue weighted by Crippen LogP contribution is -2.28. The second kappa shape index (κ2) is 7.54. The molecular weight excluding hydrogens is 391 g/mol. The molecule has 1 aromatic carbocycles. The van der Waals surface area contributed by atoms with E-state index in [-0.39, 0.29) is 36.3 Å². The van der Waals surface area contributed by atoms with Gasteiger partial charge < -0.3 is 10.2 Å². The zero-order chi connectivity index (χ0) is 21.4. The standard InChI is InChI=1S/C20H19FN6O3/c1-11-8-17(28)24-20(22-11)27-16(7-12(2)25-27)23-19(30)13-9-18(29)26(10-13)15-5-3-14(21)4-6-15/h3-8,13H,9-10H2,1-2H3,(H,23,30)(H,22,24,28)/t13-/m1/s1. The van der Waals surface area contributed by atoms with Gasteiger partial charge in [0.05, 0.1) is 11.6 Å². The van der Waals surface area contributed by atoms with E-state index in [0.717, 1.165) is 0 Å². The summed E-state index contributed by atoms with van der Waals surface area (Å²) in [5.74, 6) is -1.04. The third-order valence-corrected chi connectivity index (χ3v) is 4.77. The third-order valence-electron chi connectivity index (χ3n) is 4.77. The number of carbonyl (C=O) groups excluding carboxylic acids is 2. The molecule has 3 heterocycles. The second-order valence-electron chi connectivity index (χ2n) is 7.16. The molecule has 2 aromatic heterocycles.